The summed E-state index contributed by atoms with van der Waals surface area (Å²) in [6.07, 6.45) is 0.605. The second kappa shape index (κ2) is 7.09. The minimum Gasteiger partial charge on any atom is -0.481 e. The molecule has 0 aromatic carbocycles. The summed E-state index contributed by atoms with van der Waals surface area (Å²) >= 11 is 0. The molecule has 0 saturated carbocycles. The Labute approximate surface area is 89.8 Å². The van der Waals surface area contributed by atoms with Crippen LogP contribution in [0.4, 0.5) is 4.79 Å². The maximum atomic E-state index is 11.0. The second-order valence-corrected chi connectivity index (χ2v) is 3.76. The quantitative estimate of drug-likeness (QED) is 0.663. The Bertz CT molecular complexity index is 215. The van der Waals surface area contributed by atoms with E-state index >= 15 is 0 Å². The number of amides is 1. The number of nitrogens with one attached hydrogen (secondary N) is 1. The van der Waals surface area contributed by atoms with Gasteiger partial charge < -0.3 is 15.2 Å². The van der Waals surface area contributed by atoms with Gasteiger partial charge in [-0.3, -0.25) is 4.79 Å². The molecule has 5 heteroatoms. The van der Waals surface area contributed by atoms with Crippen LogP contribution < -0.4 is 5.32 Å². The van der Waals surface area contributed by atoms with Crippen LogP contribution in [-0.2, 0) is 9.53 Å². The van der Waals surface area contributed by atoms with E-state index in [1.807, 2.05) is 0 Å². The number of carboxylic acids is 1. The number of aliphatic carboxylic acids is 1. The van der Waals surface area contributed by atoms with Crippen molar-refractivity contribution in [3.63, 3.8) is 0 Å². The van der Waals surface area contributed by atoms with Gasteiger partial charge in [0.05, 0.1) is 12.0 Å². The highest BCUT2D eigenvalue weighted by Gasteiger charge is 2.10. The first-order valence-corrected chi connectivity index (χ1v) is 5.10. The number of carboxylic acid groups (broad SMARTS) is 1. The fraction of sp³-hybridized carbons (Fsp3) is 0.800. The van der Waals surface area contributed by atoms with Crippen molar-refractivity contribution in [2.24, 2.45) is 5.92 Å². The van der Waals surface area contributed by atoms with E-state index in [0.717, 1.165) is 0 Å². The van der Waals surface area contributed by atoms with Crippen molar-refractivity contribution in [1.29, 1.82) is 0 Å². The van der Waals surface area contributed by atoms with E-state index in [0.29, 0.717) is 19.4 Å². The van der Waals surface area contributed by atoms with Crippen LogP contribution in [0.25, 0.3) is 0 Å². The molecule has 15 heavy (non-hydrogen) atoms. The molecule has 0 aliphatic heterocycles. The van der Waals surface area contributed by atoms with Crippen LogP contribution in [0, 0.1) is 5.92 Å². The number of rotatable bonds is 6. The molecule has 0 spiro atoms. The molecule has 0 aromatic heterocycles. The predicted octanol–water partition coefficient (Wildman–Crippen LogP) is 1.62. The molecule has 1 amide bonds. The molecule has 1 atom stereocenters. The zero-order valence-electron chi connectivity index (χ0n) is 9.45. The van der Waals surface area contributed by atoms with E-state index in [9.17, 15) is 9.59 Å². The molecule has 0 aliphatic carbocycles. The Morgan fingerprint density at radius 1 is 1.33 bits per heavy atom. The predicted molar refractivity (Wildman–Crippen MR) is 55.7 cm³/mol. The summed E-state index contributed by atoms with van der Waals surface area (Å²) in [6.45, 7) is 5.64. The van der Waals surface area contributed by atoms with E-state index in [-0.39, 0.29) is 12.0 Å². The lowest BCUT2D eigenvalue weighted by Crippen LogP contribution is -2.28. The first kappa shape index (κ1) is 13.7. The van der Waals surface area contributed by atoms with E-state index in [1.54, 1.807) is 20.8 Å². The first-order valence-electron chi connectivity index (χ1n) is 5.10. The molecule has 0 fully saturated rings. The zero-order valence-corrected chi connectivity index (χ0v) is 9.45. The summed E-state index contributed by atoms with van der Waals surface area (Å²) in [5, 5.41) is 11.2. The van der Waals surface area contributed by atoms with E-state index < -0.39 is 12.1 Å². The molecule has 88 valence electrons. The average Bonchev–Trinajstić information content (AvgIpc) is 2.10. The highest BCUT2D eigenvalue weighted by Crippen LogP contribution is 2.04. The van der Waals surface area contributed by atoms with Crippen molar-refractivity contribution in [2.75, 3.05) is 6.54 Å². The van der Waals surface area contributed by atoms with Crippen LogP contribution in [0.2, 0.25) is 0 Å². The van der Waals surface area contributed by atoms with Gasteiger partial charge in [0.15, 0.2) is 0 Å². The SMILES string of the molecule is CC(C)OC(=O)NCCCC(C)C(=O)O. The largest absolute Gasteiger partial charge is 0.481 e. The number of hydrogen-bond donors (Lipinski definition) is 2. The molecule has 0 aromatic rings. The molecule has 5 nitrogen and oxygen atoms in total. The number of alkyl carbamates (subject to hydrolysis) is 1. The Morgan fingerprint density at radius 3 is 2.40 bits per heavy atom. The van der Waals surface area contributed by atoms with Crippen LogP contribution in [-0.4, -0.2) is 29.8 Å². The van der Waals surface area contributed by atoms with Crippen molar-refractivity contribution in [3.05, 3.63) is 0 Å². The number of hydrogen-bond acceptors (Lipinski definition) is 3. The van der Waals surface area contributed by atoms with Crippen LogP contribution in [0.5, 0.6) is 0 Å². The molecular weight excluding hydrogens is 198 g/mol. The molecule has 0 radical (unpaired) electrons. The van der Waals surface area contributed by atoms with Gasteiger partial charge in [-0.15, -0.1) is 0 Å². The number of carbonyl (C=O) groups excluding carboxylic acids is 1. The minimum atomic E-state index is -0.806. The molecule has 2 N–H and O–H groups in total. The van der Waals surface area contributed by atoms with Crippen LogP contribution in [0.15, 0.2) is 0 Å². The van der Waals surface area contributed by atoms with Crippen molar-refractivity contribution in [2.45, 2.75) is 39.7 Å². The van der Waals surface area contributed by atoms with Gasteiger partial charge in [0.2, 0.25) is 0 Å². The fourth-order valence-corrected chi connectivity index (χ4v) is 0.978. The third-order valence-corrected chi connectivity index (χ3v) is 1.85. The van der Waals surface area contributed by atoms with Gasteiger partial charge in [-0.05, 0) is 26.7 Å². The topological polar surface area (TPSA) is 75.6 Å². The molecule has 0 bridgehead atoms. The summed E-state index contributed by atoms with van der Waals surface area (Å²) < 4.78 is 4.84. The van der Waals surface area contributed by atoms with Crippen molar-refractivity contribution < 1.29 is 19.4 Å². The van der Waals surface area contributed by atoms with Gasteiger partial charge in [0.25, 0.3) is 0 Å². The van der Waals surface area contributed by atoms with Gasteiger partial charge >= 0.3 is 12.1 Å². The lowest BCUT2D eigenvalue weighted by Gasteiger charge is -2.10. The van der Waals surface area contributed by atoms with Gasteiger partial charge in [0, 0.05) is 6.54 Å². The summed E-state index contributed by atoms with van der Waals surface area (Å²) in [7, 11) is 0. The van der Waals surface area contributed by atoms with Crippen LogP contribution in [0.1, 0.15) is 33.6 Å². The summed E-state index contributed by atoms with van der Waals surface area (Å²) in [4.78, 5) is 21.4. The Balaban J connectivity index is 3.46. The third kappa shape index (κ3) is 7.78. The lowest BCUT2D eigenvalue weighted by atomic mass is 10.1. The van der Waals surface area contributed by atoms with E-state index in [4.69, 9.17) is 9.84 Å². The maximum Gasteiger partial charge on any atom is 0.407 e. The highest BCUT2D eigenvalue weighted by molar-refractivity contribution is 5.69. The number of ether oxygens (including phenoxy) is 1. The standard InChI is InChI=1S/C10H19NO4/c1-7(2)15-10(14)11-6-4-5-8(3)9(12)13/h7-8H,4-6H2,1-3H3,(H,11,14)(H,12,13). The van der Waals surface area contributed by atoms with Crippen molar-refractivity contribution in [1.82, 2.24) is 5.32 Å². The summed E-state index contributed by atoms with van der Waals surface area (Å²) in [6, 6.07) is 0. The smallest absolute Gasteiger partial charge is 0.407 e. The molecule has 0 aliphatic rings. The Morgan fingerprint density at radius 2 is 1.93 bits per heavy atom. The average molecular weight is 217 g/mol. The van der Waals surface area contributed by atoms with Gasteiger partial charge in [-0.1, -0.05) is 6.92 Å². The Kier molecular flexibility index (Phi) is 6.49. The molecular formula is C10H19NO4. The summed E-state index contributed by atoms with van der Waals surface area (Å²) in [5.74, 6) is -1.17. The Hall–Kier alpha value is -1.26. The van der Waals surface area contributed by atoms with E-state index in [1.165, 1.54) is 0 Å². The molecule has 0 saturated heterocycles. The van der Waals surface area contributed by atoms with Gasteiger partial charge in [-0.2, -0.15) is 0 Å². The van der Waals surface area contributed by atoms with Crippen molar-refractivity contribution >= 4 is 12.1 Å². The monoisotopic (exact) mass is 217 g/mol. The normalized spacial score (nSPS) is 12.3. The lowest BCUT2D eigenvalue weighted by molar-refractivity contribution is -0.141. The van der Waals surface area contributed by atoms with Crippen LogP contribution in [0.3, 0.4) is 0 Å². The maximum absolute atomic E-state index is 11.0. The van der Waals surface area contributed by atoms with Gasteiger partial charge in [0.1, 0.15) is 0 Å². The third-order valence-electron chi connectivity index (χ3n) is 1.85. The first-order chi connectivity index (χ1) is 6.93. The fourth-order valence-electron chi connectivity index (χ4n) is 0.978. The zero-order chi connectivity index (χ0) is 11.8. The number of carbonyl (C=O) groups is 2. The van der Waals surface area contributed by atoms with Gasteiger partial charge in [-0.25, -0.2) is 4.79 Å². The highest BCUT2D eigenvalue weighted by atomic mass is 16.6. The minimum absolute atomic E-state index is 0.136. The molecule has 0 heterocycles. The summed E-state index contributed by atoms with van der Waals surface area (Å²) in [5.41, 5.74) is 0. The van der Waals surface area contributed by atoms with E-state index in [2.05, 4.69) is 5.32 Å². The van der Waals surface area contributed by atoms with Crippen LogP contribution >= 0.6 is 0 Å². The second-order valence-electron chi connectivity index (χ2n) is 3.76. The molecule has 0 rings (SSSR count). The van der Waals surface area contributed by atoms with Crippen molar-refractivity contribution in [3.8, 4) is 0 Å². The molecule has 1 unspecified atom stereocenters.